The first-order chi connectivity index (χ1) is 8.87. The van der Waals surface area contributed by atoms with Crippen LogP contribution in [0.1, 0.15) is 12.8 Å². The average molecular weight is 292 g/mol. The number of sulfonamides is 1. The predicted molar refractivity (Wildman–Crippen MR) is 64.8 cm³/mol. The lowest BCUT2D eigenvalue weighted by Crippen LogP contribution is -2.38. The van der Waals surface area contributed by atoms with Crippen molar-refractivity contribution in [2.45, 2.75) is 23.8 Å². The molecule has 0 unspecified atom stereocenters. The van der Waals surface area contributed by atoms with Crippen molar-refractivity contribution in [3.63, 3.8) is 0 Å². The van der Waals surface area contributed by atoms with Gasteiger partial charge >= 0.3 is 0 Å². The summed E-state index contributed by atoms with van der Waals surface area (Å²) in [6.45, 7) is -0.137. The van der Waals surface area contributed by atoms with Crippen molar-refractivity contribution < 1.29 is 22.3 Å². The summed E-state index contributed by atoms with van der Waals surface area (Å²) >= 11 is 0. The highest BCUT2D eigenvalue weighted by Crippen LogP contribution is 2.29. The molecule has 8 heteroatoms. The standard InChI is InChI=1S/C11H14F2N2O3S/c12-8-4-9(13)11(5-10(8)14)19(17,18)15-3-1-2-7(15)6-16/h4-5,7,16H,1-3,6,14H2/t7-/m0/s1. The van der Waals surface area contributed by atoms with E-state index in [1.165, 1.54) is 0 Å². The highest BCUT2D eigenvalue weighted by atomic mass is 32.2. The monoisotopic (exact) mass is 292 g/mol. The first kappa shape index (κ1) is 14.2. The first-order valence-corrected chi connectivity index (χ1v) is 7.19. The summed E-state index contributed by atoms with van der Waals surface area (Å²) < 4.78 is 52.3. The van der Waals surface area contributed by atoms with Crippen LogP contribution in [0.5, 0.6) is 0 Å². The molecule has 1 aliphatic heterocycles. The largest absolute Gasteiger partial charge is 0.396 e. The number of anilines is 1. The second-order valence-corrected chi connectivity index (χ2v) is 6.26. The molecule has 0 bridgehead atoms. The Morgan fingerprint density at radius 1 is 1.37 bits per heavy atom. The number of hydrogen-bond donors (Lipinski definition) is 2. The molecule has 106 valence electrons. The van der Waals surface area contributed by atoms with Crippen molar-refractivity contribution in [2.75, 3.05) is 18.9 Å². The summed E-state index contributed by atoms with van der Waals surface area (Å²) in [6.07, 6.45) is 1.09. The molecule has 1 atom stereocenters. The van der Waals surface area contributed by atoms with E-state index in [1.807, 2.05) is 0 Å². The van der Waals surface area contributed by atoms with E-state index in [4.69, 9.17) is 10.8 Å². The molecule has 5 nitrogen and oxygen atoms in total. The first-order valence-electron chi connectivity index (χ1n) is 5.75. The summed E-state index contributed by atoms with van der Waals surface area (Å²) in [5.74, 6) is -2.19. The van der Waals surface area contributed by atoms with E-state index in [0.717, 1.165) is 10.4 Å². The fourth-order valence-corrected chi connectivity index (χ4v) is 3.94. The zero-order valence-corrected chi connectivity index (χ0v) is 10.8. The minimum Gasteiger partial charge on any atom is -0.396 e. The number of halogens is 2. The topological polar surface area (TPSA) is 83.6 Å². The van der Waals surface area contributed by atoms with E-state index in [-0.39, 0.29) is 13.2 Å². The van der Waals surface area contributed by atoms with Crippen LogP contribution in [0.2, 0.25) is 0 Å². The summed E-state index contributed by atoms with van der Waals surface area (Å²) in [5, 5.41) is 9.13. The number of hydrogen-bond acceptors (Lipinski definition) is 4. The van der Waals surface area contributed by atoms with E-state index in [2.05, 4.69) is 0 Å². The Morgan fingerprint density at radius 2 is 2.05 bits per heavy atom. The molecule has 1 heterocycles. The Labute approximate surface area is 109 Å². The molecule has 0 amide bonds. The van der Waals surface area contributed by atoms with Gasteiger partial charge in [-0.1, -0.05) is 0 Å². The molecular formula is C11H14F2N2O3S. The molecule has 1 aliphatic rings. The second kappa shape index (κ2) is 5.03. The van der Waals surface area contributed by atoms with Crippen molar-refractivity contribution in [3.05, 3.63) is 23.8 Å². The van der Waals surface area contributed by atoms with Gasteiger partial charge in [-0.3, -0.25) is 0 Å². The van der Waals surface area contributed by atoms with Crippen LogP contribution in [-0.2, 0) is 10.0 Å². The van der Waals surface area contributed by atoms with Crippen molar-refractivity contribution >= 4 is 15.7 Å². The maximum atomic E-state index is 13.6. The highest BCUT2D eigenvalue weighted by molar-refractivity contribution is 7.89. The Morgan fingerprint density at radius 3 is 2.68 bits per heavy atom. The molecule has 1 aromatic carbocycles. The molecule has 0 aromatic heterocycles. The Balaban J connectivity index is 2.48. The maximum absolute atomic E-state index is 13.6. The van der Waals surface area contributed by atoms with Gasteiger partial charge in [-0.2, -0.15) is 4.31 Å². The van der Waals surface area contributed by atoms with Crippen LogP contribution in [0.3, 0.4) is 0 Å². The summed E-state index contributed by atoms with van der Waals surface area (Å²) in [4.78, 5) is -0.660. The number of benzene rings is 1. The van der Waals surface area contributed by atoms with Crippen LogP contribution in [0.15, 0.2) is 17.0 Å². The molecule has 1 saturated heterocycles. The molecule has 2 rings (SSSR count). The third-order valence-electron chi connectivity index (χ3n) is 3.17. The van der Waals surface area contributed by atoms with E-state index in [0.29, 0.717) is 18.9 Å². The summed E-state index contributed by atoms with van der Waals surface area (Å²) in [7, 11) is -4.12. The molecule has 1 fully saturated rings. The van der Waals surface area contributed by atoms with Gasteiger partial charge in [-0.25, -0.2) is 17.2 Å². The lowest BCUT2D eigenvalue weighted by Gasteiger charge is -2.22. The maximum Gasteiger partial charge on any atom is 0.246 e. The van der Waals surface area contributed by atoms with Gasteiger partial charge in [0, 0.05) is 18.7 Å². The molecule has 0 aliphatic carbocycles. The van der Waals surface area contributed by atoms with Crippen LogP contribution in [0.4, 0.5) is 14.5 Å². The van der Waals surface area contributed by atoms with Crippen molar-refractivity contribution in [1.29, 1.82) is 0 Å². The van der Waals surface area contributed by atoms with Gasteiger partial charge in [0.05, 0.1) is 12.3 Å². The molecule has 19 heavy (non-hydrogen) atoms. The van der Waals surface area contributed by atoms with E-state index in [9.17, 15) is 17.2 Å². The van der Waals surface area contributed by atoms with E-state index < -0.39 is 38.3 Å². The van der Waals surface area contributed by atoms with Crippen LogP contribution < -0.4 is 5.73 Å². The normalized spacial score (nSPS) is 20.9. The number of rotatable bonds is 3. The van der Waals surface area contributed by atoms with Gasteiger partial charge in [-0.15, -0.1) is 0 Å². The number of nitrogens with two attached hydrogens (primary N) is 1. The van der Waals surface area contributed by atoms with Gasteiger partial charge < -0.3 is 10.8 Å². The molecule has 1 aromatic rings. The quantitative estimate of drug-likeness (QED) is 0.803. The molecule has 3 N–H and O–H groups in total. The zero-order valence-electron chi connectivity index (χ0n) is 10.0. The van der Waals surface area contributed by atoms with Crippen molar-refractivity contribution in [2.24, 2.45) is 0 Å². The molecule has 0 saturated carbocycles. The minimum atomic E-state index is -4.12. The van der Waals surface area contributed by atoms with Crippen molar-refractivity contribution in [3.8, 4) is 0 Å². The Kier molecular flexibility index (Phi) is 3.75. The Bertz CT molecular complexity index is 592. The van der Waals surface area contributed by atoms with E-state index in [1.54, 1.807) is 0 Å². The Hall–Kier alpha value is -1.25. The fourth-order valence-electron chi connectivity index (χ4n) is 2.18. The van der Waals surface area contributed by atoms with Crippen LogP contribution in [0, 0.1) is 11.6 Å². The smallest absolute Gasteiger partial charge is 0.246 e. The highest BCUT2D eigenvalue weighted by Gasteiger charge is 2.36. The van der Waals surface area contributed by atoms with Gasteiger partial charge in [0.25, 0.3) is 0 Å². The zero-order chi connectivity index (χ0) is 14.2. The molecule has 0 radical (unpaired) electrons. The lowest BCUT2D eigenvalue weighted by molar-refractivity contribution is 0.213. The third-order valence-corrected chi connectivity index (χ3v) is 5.14. The van der Waals surface area contributed by atoms with E-state index >= 15 is 0 Å². The SMILES string of the molecule is Nc1cc(S(=O)(=O)N2CCC[C@H]2CO)c(F)cc1F. The average Bonchev–Trinajstić information content (AvgIpc) is 2.82. The minimum absolute atomic E-state index is 0.199. The number of nitrogens with zero attached hydrogens (tertiary/aromatic N) is 1. The van der Waals surface area contributed by atoms with Crippen molar-refractivity contribution in [1.82, 2.24) is 4.31 Å². The van der Waals surface area contributed by atoms with Crippen LogP contribution in [-0.4, -0.2) is 37.0 Å². The number of aliphatic hydroxyl groups is 1. The van der Waals surface area contributed by atoms with Gasteiger partial charge in [0.1, 0.15) is 16.5 Å². The molecule has 0 spiro atoms. The molecular weight excluding hydrogens is 278 g/mol. The number of aliphatic hydroxyl groups excluding tert-OH is 1. The van der Waals surface area contributed by atoms with Crippen LogP contribution in [0.25, 0.3) is 0 Å². The summed E-state index contributed by atoms with van der Waals surface area (Å²) in [6, 6.07) is 0.648. The third kappa shape index (κ3) is 2.43. The van der Waals surface area contributed by atoms with Gasteiger partial charge in [0.15, 0.2) is 0 Å². The predicted octanol–water partition coefficient (Wildman–Crippen LogP) is 0.692. The van der Waals surface area contributed by atoms with Gasteiger partial charge in [-0.05, 0) is 18.9 Å². The lowest BCUT2D eigenvalue weighted by atomic mass is 10.2. The number of nitrogen functional groups attached to an aromatic ring is 1. The fraction of sp³-hybridized carbons (Fsp3) is 0.455. The summed E-state index contributed by atoms with van der Waals surface area (Å²) in [5.41, 5.74) is 4.85. The van der Waals surface area contributed by atoms with Crippen LogP contribution >= 0.6 is 0 Å². The van der Waals surface area contributed by atoms with Gasteiger partial charge in [0.2, 0.25) is 10.0 Å². The second-order valence-electron chi connectivity index (χ2n) is 4.40.